The Morgan fingerprint density at radius 3 is 2.45 bits per heavy atom. The van der Waals surface area contributed by atoms with E-state index in [-0.39, 0.29) is 47.3 Å². The van der Waals surface area contributed by atoms with Gasteiger partial charge in [-0.15, -0.1) is 0 Å². The number of halogens is 1. The van der Waals surface area contributed by atoms with Gasteiger partial charge in [-0.1, -0.05) is 13.8 Å². The van der Waals surface area contributed by atoms with E-state index in [1.807, 2.05) is 7.05 Å². The van der Waals surface area contributed by atoms with E-state index in [0.29, 0.717) is 30.6 Å². The number of likely N-dealkylation sites (tertiary alicyclic amines) is 1. The maximum atomic E-state index is 16.3. The summed E-state index contributed by atoms with van der Waals surface area (Å²) in [6, 6.07) is -1.34. The minimum Gasteiger partial charge on any atom is -0.508 e. The summed E-state index contributed by atoms with van der Waals surface area (Å²) in [6.07, 6.45) is 1.17. The van der Waals surface area contributed by atoms with E-state index in [1.54, 1.807) is 18.7 Å². The number of aromatic hydroxyl groups is 1. The molecule has 0 radical (unpaired) electrons. The Kier molecular flexibility index (Phi) is 5.96. The molecule has 1 heterocycles. The molecule has 4 aliphatic carbocycles. The van der Waals surface area contributed by atoms with Gasteiger partial charge < -0.3 is 26.2 Å². The summed E-state index contributed by atoms with van der Waals surface area (Å²) in [5.74, 6) is -7.60. The molecule has 6 N–H and O–H groups in total. The molecular formula is C29H34FN3O7. The van der Waals surface area contributed by atoms with Gasteiger partial charge >= 0.3 is 0 Å². The van der Waals surface area contributed by atoms with Gasteiger partial charge in [0.25, 0.3) is 5.91 Å². The van der Waals surface area contributed by atoms with Crippen molar-refractivity contribution >= 4 is 23.2 Å². The number of ketones is 2. The molecule has 6 atom stereocenters. The molecule has 6 rings (SSSR count). The number of carbonyl (C=O) groups is 3. The maximum absolute atomic E-state index is 16.3. The second-order valence-electron chi connectivity index (χ2n) is 11.8. The molecule has 10 nitrogen and oxygen atoms in total. The first-order valence-corrected chi connectivity index (χ1v) is 13.9. The van der Waals surface area contributed by atoms with Crippen molar-refractivity contribution in [2.75, 3.05) is 26.7 Å². The van der Waals surface area contributed by atoms with Crippen molar-refractivity contribution in [3.63, 3.8) is 0 Å². The van der Waals surface area contributed by atoms with Crippen molar-refractivity contribution in [2.24, 2.45) is 23.5 Å². The Balaban J connectivity index is 1.55. The van der Waals surface area contributed by atoms with Crippen LogP contribution in [0.2, 0.25) is 0 Å². The van der Waals surface area contributed by atoms with Crippen LogP contribution >= 0.6 is 0 Å². The lowest BCUT2D eigenvalue weighted by molar-refractivity contribution is -0.154. The van der Waals surface area contributed by atoms with Gasteiger partial charge in [-0.25, -0.2) is 4.39 Å². The molecule has 0 unspecified atom stereocenters. The number of carbonyl (C=O) groups excluding carboxylic acids is 3. The number of primary amides is 1. The SMILES string of the molecule is CCN(CC)[C@@H]1C(=O)C(C(N)=O)=C(O)[C@@]2(O)C(=O)C3=C(O)c4c(O)c5c(c(F)c4C[C@H]3C[C@@H]12)[C@@H]1[C@@H](CCN1C)C5. The van der Waals surface area contributed by atoms with Crippen LogP contribution in [0.4, 0.5) is 4.39 Å². The molecule has 214 valence electrons. The largest absolute Gasteiger partial charge is 0.508 e. The molecule has 5 aliphatic rings. The predicted molar refractivity (Wildman–Crippen MR) is 141 cm³/mol. The van der Waals surface area contributed by atoms with Crippen LogP contribution in [-0.2, 0) is 27.2 Å². The third kappa shape index (κ3) is 3.16. The lowest BCUT2D eigenvalue weighted by Crippen LogP contribution is -2.66. The fraction of sp³-hybridized carbons (Fsp3) is 0.552. The Morgan fingerprint density at radius 1 is 1.15 bits per heavy atom. The number of amides is 1. The monoisotopic (exact) mass is 555 g/mol. The van der Waals surface area contributed by atoms with Crippen LogP contribution in [0, 0.1) is 23.6 Å². The molecule has 1 saturated heterocycles. The number of aliphatic hydroxyl groups excluding tert-OH is 2. The average Bonchev–Trinajstić information content (AvgIpc) is 3.46. The second-order valence-corrected chi connectivity index (χ2v) is 11.8. The summed E-state index contributed by atoms with van der Waals surface area (Å²) in [4.78, 5) is 43.6. The highest BCUT2D eigenvalue weighted by Crippen LogP contribution is 2.57. The summed E-state index contributed by atoms with van der Waals surface area (Å²) >= 11 is 0. The third-order valence-electron chi connectivity index (χ3n) is 10.1. The van der Waals surface area contributed by atoms with Crippen LogP contribution in [0.5, 0.6) is 5.75 Å². The van der Waals surface area contributed by atoms with Crippen molar-refractivity contribution in [1.29, 1.82) is 0 Å². The van der Waals surface area contributed by atoms with Gasteiger partial charge in [0.15, 0.2) is 11.4 Å². The van der Waals surface area contributed by atoms with Crippen LogP contribution < -0.4 is 5.73 Å². The molecule has 1 aromatic rings. The topological polar surface area (TPSA) is 165 Å². The molecule has 1 aliphatic heterocycles. The average molecular weight is 556 g/mol. The number of likely N-dealkylation sites (N-methyl/N-ethyl adjacent to an activating group) is 1. The molecule has 0 spiro atoms. The number of phenols is 1. The Morgan fingerprint density at radius 2 is 1.82 bits per heavy atom. The van der Waals surface area contributed by atoms with E-state index < -0.39 is 63.9 Å². The minimum absolute atomic E-state index is 0.0485. The molecule has 1 amide bonds. The highest BCUT2D eigenvalue weighted by atomic mass is 19.1. The number of nitrogens with two attached hydrogens (primary N) is 1. The van der Waals surface area contributed by atoms with Crippen molar-refractivity contribution in [3.05, 3.63) is 45.0 Å². The van der Waals surface area contributed by atoms with Crippen LogP contribution in [0.15, 0.2) is 16.9 Å². The molecule has 1 aromatic carbocycles. The first kappa shape index (κ1) is 26.9. The minimum atomic E-state index is -2.71. The zero-order chi connectivity index (χ0) is 29.0. The molecule has 11 heteroatoms. The molecule has 2 fully saturated rings. The summed E-state index contributed by atoms with van der Waals surface area (Å²) in [5, 5.41) is 45.7. The van der Waals surface area contributed by atoms with Crippen molar-refractivity contribution in [3.8, 4) is 5.75 Å². The lowest BCUT2D eigenvalue weighted by Gasteiger charge is -2.51. The zero-order valence-electron chi connectivity index (χ0n) is 22.7. The molecule has 1 saturated carbocycles. The number of hydrogen-bond donors (Lipinski definition) is 5. The number of benzene rings is 1. The van der Waals surface area contributed by atoms with E-state index in [4.69, 9.17) is 5.73 Å². The van der Waals surface area contributed by atoms with Crippen LogP contribution in [0.25, 0.3) is 5.76 Å². The first-order chi connectivity index (χ1) is 18.9. The summed E-state index contributed by atoms with van der Waals surface area (Å²) in [6.45, 7) is 5.05. The number of nitrogens with zero attached hydrogens (tertiary/aromatic N) is 2. The summed E-state index contributed by atoms with van der Waals surface area (Å²) in [5.41, 5.74) is 2.35. The Labute approximate surface area is 230 Å². The maximum Gasteiger partial charge on any atom is 0.255 e. The van der Waals surface area contributed by atoms with Gasteiger partial charge in [-0.2, -0.15) is 0 Å². The van der Waals surface area contributed by atoms with E-state index >= 15 is 4.39 Å². The van der Waals surface area contributed by atoms with Crippen molar-refractivity contribution in [2.45, 2.75) is 57.2 Å². The van der Waals surface area contributed by atoms with Crippen LogP contribution in [0.3, 0.4) is 0 Å². The van der Waals surface area contributed by atoms with E-state index in [9.17, 15) is 34.8 Å². The van der Waals surface area contributed by atoms with Gasteiger partial charge in [0.05, 0.1) is 11.6 Å². The van der Waals surface area contributed by atoms with Gasteiger partial charge in [0.1, 0.15) is 28.7 Å². The number of fused-ring (bicyclic) bond motifs is 6. The fourth-order valence-electron chi connectivity index (χ4n) is 8.32. The Bertz CT molecular complexity index is 1450. The zero-order valence-corrected chi connectivity index (χ0v) is 22.7. The van der Waals surface area contributed by atoms with Crippen LogP contribution in [0.1, 0.15) is 55.0 Å². The smallest absolute Gasteiger partial charge is 0.255 e. The van der Waals surface area contributed by atoms with Gasteiger partial charge in [0.2, 0.25) is 5.78 Å². The molecular weight excluding hydrogens is 521 g/mol. The third-order valence-corrected chi connectivity index (χ3v) is 10.1. The van der Waals surface area contributed by atoms with Crippen molar-refractivity contribution < 1.29 is 39.2 Å². The lowest BCUT2D eigenvalue weighted by atomic mass is 9.57. The van der Waals surface area contributed by atoms with E-state index in [2.05, 4.69) is 4.90 Å². The van der Waals surface area contributed by atoms with Gasteiger partial charge in [-0.3, -0.25) is 24.2 Å². The number of rotatable bonds is 4. The fourth-order valence-corrected chi connectivity index (χ4v) is 8.32. The highest BCUT2D eigenvalue weighted by Gasteiger charge is 2.64. The summed E-state index contributed by atoms with van der Waals surface area (Å²) < 4.78 is 16.3. The van der Waals surface area contributed by atoms with Crippen molar-refractivity contribution in [1.82, 2.24) is 9.80 Å². The van der Waals surface area contributed by atoms with E-state index in [0.717, 1.165) is 13.0 Å². The number of hydrogen-bond acceptors (Lipinski definition) is 9. The number of aliphatic hydroxyl groups is 3. The second kappa shape index (κ2) is 8.86. The normalized spacial score (nSPS) is 33.2. The first-order valence-electron chi connectivity index (χ1n) is 13.9. The summed E-state index contributed by atoms with van der Waals surface area (Å²) in [7, 11) is 1.92. The number of phenolic OH excluding ortho intramolecular Hbond substituents is 1. The molecule has 0 bridgehead atoms. The molecule has 0 aromatic heterocycles. The quantitative estimate of drug-likeness (QED) is 0.346. The number of Topliss-reactive ketones (excluding diaryl/α,β-unsaturated/α-hetero) is 2. The Hall–Kier alpha value is -3.28. The van der Waals surface area contributed by atoms with Gasteiger partial charge in [-0.05, 0) is 64.2 Å². The highest BCUT2D eigenvalue weighted by molar-refractivity contribution is 6.24. The van der Waals surface area contributed by atoms with Crippen LogP contribution in [-0.4, -0.2) is 86.0 Å². The van der Waals surface area contributed by atoms with Gasteiger partial charge in [0, 0.05) is 34.2 Å². The predicted octanol–water partition coefficient (Wildman–Crippen LogP) is 1.43. The molecule has 40 heavy (non-hydrogen) atoms. The standard InChI is InChI=1S/C29H34FN3O7/c1-4-33(5-2)22-15-10-12-9-13-18(23(34)14-8-11-6-7-32(3)21(11)17(14)20(13)30)24(35)16(12)26(37)29(15,40)27(38)19(25(22)36)28(31)39/h11-12,15,21-22,34-35,38,40H,4-10H2,1-3H3,(H2,31,39)/t11-,12-,15-,21-,22-,29-/m0/s1. The van der Waals surface area contributed by atoms with E-state index in [1.165, 1.54) is 0 Å².